The first-order valence-corrected chi connectivity index (χ1v) is 16.2. The number of nitrogens with zero attached hydrogens (tertiary/aromatic N) is 6. The molecule has 21 heteroatoms. The predicted molar refractivity (Wildman–Crippen MR) is 187 cm³/mol. The second-order valence-corrected chi connectivity index (χ2v) is 12.3. The summed E-state index contributed by atoms with van der Waals surface area (Å²) in [6.07, 6.45) is 4.01. The highest BCUT2D eigenvalue weighted by Gasteiger charge is 2.35. The number of amides is 5. The smallest absolute Gasteiger partial charge is 0.280 e. The average Bonchev–Trinajstić information content (AvgIpc) is 3.92. The van der Waals surface area contributed by atoms with Crippen LogP contribution in [0.5, 0.6) is 0 Å². The Morgan fingerprint density at radius 3 is 2.09 bits per heavy atom. The monoisotopic (exact) mass is 732 g/mol. The maximum Gasteiger partial charge on any atom is 0.280 e. The van der Waals surface area contributed by atoms with Gasteiger partial charge in [-0.2, -0.15) is 4.98 Å². The van der Waals surface area contributed by atoms with Crippen molar-refractivity contribution in [1.29, 1.82) is 0 Å². The minimum Gasteiger partial charge on any atom is -0.394 e. The van der Waals surface area contributed by atoms with Gasteiger partial charge in [-0.3, -0.25) is 43.6 Å². The third kappa shape index (κ3) is 7.71. The van der Waals surface area contributed by atoms with E-state index in [0.29, 0.717) is 23.5 Å². The number of hydrogen-bond acceptors (Lipinski definition) is 11. The van der Waals surface area contributed by atoms with E-state index in [4.69, 9.17) is 4.74 Å². The van der Waals surface area contributed by atoms with E-state index in [1.165, 1.54) is 44.4 Å². The van der Waals surface area contributed by atoms with Gasteiger partial charge in [-0.05, 0) is 18.2 Å². The number of aliphatic hydroxyl groups is 2. The van der Waals surface area contributed by atoms with Gasteiger partial charge in [-0.25, -0.2) is 4.98 Å². The number of aryl methyl sites for hydroxylation is 3. The van der Waals surface area contributed by atoms with Crippen LogP contribution >= 0.6 is 0 Å². The van der Waals surface area contributed by atoms with Crippen molar-refractivity contribution in [1.82, 2.24) is 38.5 Å². The first-order chi connectivity index (χ1) is 25.3. The SMILES string of the molecule is Cn1cc(NC(=O)c2cc(NC(=O)c3cc(NC=O)cn3C)cn2C)cc1C(=O)NCCC(=O)Nc1nc2c(ncn2[C@H]2C[C@H](O)[C@@H](CO)O2)c(=O)[nH]1. The number of fused-ring (bicyclic) bond motifs is 1. The van der Waals surface area contributed by atoms with Gasteiger partial charge in [0.1, 0.15) is 29.4 Å². The summed E-state index contributed by atoms with van der Waals surface area (Å²) >= 11 is 0. The van der Waals surface area contributed by atoms with Gasteiger partial charge in [0.25, 0.3) is 23.3 Å². The van der Waals surface area contributed by atoms with Gasteiger partial charge < -0.3 is 49.9 Å². The van der Waals surface area contributed by atoms with E-state index >= 15 is 0 Å². The van der Waals surface area contributed by atoms with Crippen LogP contribution in [0.1, 0.15) is 50.5 Å². The molecule has 5 aromatic rings. The molecular formula is C32H36N12O9. The van der Waals surface area contributed by atoms with Crippen molar-refractivity contribution in [3.05, 3.63) is 70.6 Å². The maximum atomic E-state index is 13.1. The molecule has 0 aliphatic carbocycles. The topological polar surface area (TPSA) is 274 Å². The van der Waals surface area contributed by atoms with Crippen molar-refractivity contribution < 1.29 is 38.9 Å². The predicted octanol–water partition coefficient (Wildman–Crippen LogP) is -0.393. The van der Waals surface area contributed by atoms with Gasteiger partial charge >= 0.3 is 0 Å². The van der Waals surface area contributed by atoms with Gasteiger partial charge in [0.05, 0.1) is 36.1 Å². The Morgan fingerprint density at radius 1 is 0.925 bits per heavy atom. The first-order valence-electron chi connectivity index (χ1n) is 16.2. The molecule has 0 aromatic carbocycles. The summed E-state index contributed by atoms with van der Waals surface area (Å²) in [5.41, 5.74) is 1.30. The zero-order valence-corrected chi connectivity index (χ0v) is 28.6. The molecule has 5 aromatic heterocycles. The summed E-state index contributed by atoms with van der Waals surface area (Å²) in [7, 11) is 4.89. The Morgan fingerprint density at radius 2 is 1.51 bits per heavy atom. The highest BCUT2D eigenvalue weighted by Crippen LogP contribution is 2.30. The largest absolute Gasteiger partial charge is 0.394 e. The standard InChI is InChI=1S/C32H36N12O9/c1-41-10-16(35-15-46)6-20(41)29(50)37-18-8-21(43(3)12-18)30(51)36-17-7-19(42(2)11-17)28(49)33-5-4-24(48)38-32-39-27-26(31(52)40-32)34-14-44(27)25-9-22(47)23(13-45)53-25/h6-8,10-12,14-15,22-23,25,45,47H,4-5,9,13H2,1-3H3,(H,33,49)(H,35,46)(H,36,51)(H,37,50)(H2,38,39,40,48,52)/t22-,23+,25+/m0/s1. The van der Waals surface area contributed by atoms with Crippen molar-refractivity contribution in [3.63, 3.8) is 0 Å². The minimum absolute atomic E-state index is 0.00960. The summed E-state index contributed by atoms with van der Waals surface area (Å²) in [4.78, 5) is 85.7. The van der Waals surface area contributed by atoms with E-state index in [1.54, 1.807) is 38.1 Å². The molecule has 0 spiro atoms. The molecule has 1 aliphatic heterocycles. The van der Waals surface area contributed by atoms with E-state index in [-0.39, 0.29) is 53.6 Å². The summed E-state index contributed by atoms with van der Waals surface area (Å²) < 4.78 is 11.6. The van der Waals surface area contributed by atoms with Crippen LogP contribution in [-0.4, -0.2) is 98.8 Å². The normalized spacial score (nSPS) is 16.7. The first kappa shape index (κ1) is 36.2. The van der Waals surface area contributed by atoms with Crippen molar-refractivity contribution in [2.75, 3.05) is 34.4 Å². The van der Waals surface area contributed by atoms with Gasteiger partial charge in [-0.1, -0.05) is 0 Å². The van der Waals surface area contributed by atoms with E-state index in [0.717, 1.165) is 0 Å². The highest BCUT2D eigenvalue weighted by molar-refractivity contribution is 6.07. The number of carbonyl (C=O) groups excluding carboxylic acids is 5. The second-order valence-electron chi connectivity index (χ2n) is 12.3. The number of aromatic nitrogens is 7. The molecule has 0 radical (unpaired) electrons. The van der Waals surface area contributed by atoms with Crippen molar-refractivity contribution in [3.8, 4) is 0 Å². The molecule has 278 valence electrons. The molecule has 8 N–H and O–H groups in total. The number of aromatic amines is 1. The van der Waals surface area contributed by atoms with Gasteiger partial charge in [0, 0.05) is 59.1 Å². The lowest BCUT2D eigenvalue weighted by Gasteiger charge is -2.13. The maximum absolute atomic E-state index is 13.1. The Labute approximate surface area is 299 Å². The van der Waals surface area contributed by atoms with Crippen LogP contribution in [0.25, 0.3) is 11.2 Å². The van der Waals surface area contributed by atoms with Gasteiger partial charge in [-0.15, -0.1) is 0 Å². The van der Waals surface area contributed by atoms with Crippen LogP contribution in [-0.2, 0) is 35.5 Å². The Hall–Kier alpha value is -6.58. The molecule has 3 atom stereocenters. The molecule has 1 fully saturated rings. The Kier molecular flexibility index (Phi) is 10.2. The molecule has 0 bridgehead atoms. The molecule has 5 amide bonds. The number of nitrogens with one attached hydrogen (secondary N) is 6. The van der Waals surface area contributed by atoms with Crippen LogP contribution < -0.4 is 32.1 Å². The number of anilines is 4. The number of imidazole rings is 1. The van der Waals surface area contributed by atoms with Crippen LogP contribution in [0.3, 0.4) is 0 Å². The molecule has 21 nitrogen and oxygen atoms in total. The van der Waals surface area contributed by atoms with E-state index in [9.17, 15) is 39.0 Å². The number of ether oxygens (including phenoxy) is 1. The van der Waals surface area contributed by atoms with Crippen molar-refractivity contribution >= 4 is 64.2 Å². The summed E-state index contributed by atoms with van der Waals surface area (Å²) in [6.45, 7) is -0.466. The third-order valence-electron chi connectivity index (χ3n) is 8.48. The number of aliphatic hydroxyl groups excluding tert-OH is 2. The lowest BCUT2D eigenvalue weighted by atomic mass is 10.2. The number of rotatable bonds is 13. The molecule has 53 heavy (non-hydrogen) atoms. The fourth-order valence-electron chi connectivity index (χ4n) is 5.87. The molecule has 0 unspecified atom stereocenters. The molecular weight excluding hydrogens is 696 g/mol. The number of hydrogen-bond donors (Lipinski definition) is 8. The van der Waals surface area contributed by atoms with Crippen LogP contribution in [0.2, 0.25) is 0 Å². The minimum atomic E-state index is -0.921. The molecule has 6 heterocycles. The fraction of sp³-hybridized carbons (Fsp3) is 0.312. The van der Waals surface area contributed by atoms with Crippen LogP contribution in [0, 0.1) is 0 Å². The van der Waals surface area contributed by atoms with Gasteiger partial charge in [0.15, 0.2) is 11.2 Å². The quantitative estimate of drug-likeness (QED) is 0.0722. The average molecular weight is 733 g/mol. The van der Waals surface area contributed by atoms with E-state index < -0.39 is 54.2 Å². The zero-order valence-electron chi connectivity index (χ0n) is 28.6. The second kappa shape index (κ2) is 15.0. The summed E-state index contributed by atoms with van der Waals surface area (Å²) in [6, 6.07) is 4.46. The van der Waals surface area contributed by atoms with E-state index in [2.05, 4.69) is 41.5 Å². The lowest BCUT2D eigenvalue weighted by molar-refractivity contribution is -0.116. The Balaban J connectivity index is 1.02. The highest BCUT2D eigenvalue weighted by atomic mass is 16.5. The van der Waals surface area contributed by atoms with Crippen molar-refractivity contribution in [2.45, 2.75) is 31.3 Å². The fourth-order valence-corrected chi connectivity index (χ4v) is 5.87. The Bertz CT molecular complexity index is 2280. The van der Waals surface area contributed by atoms with Gasteiger partial charge in [0.2, 0.25) is 18.3 Å². The molecule has 1 saturated heterocycles. The molecule has 1 aliphatic rings. The van der Waals surface area contributed by atoms with Crippen LogP contribution in [0.15, 0.2) is 47.9 Å². The lowest BCUT2D eigenvalue weighted by Crippen LogP contribution is -2.29. The van der Waals surface area contributed by atoms with Crippen LogP contribution in [0.4, 0.5) is 23.0 Å². The third-order valence-corrected chi connectivity index (χ3v) is 8.48. The molecule has 6 rings (SSSR count). The number of carbonyl (C=O) groups is 5. The van der Waals surface area contributed by atoms with Crippen molar-refractivity contribution in [2.24, 2.45) is 21.1 Å². The van der Waals surface area contributed by atoms with E-state index in [1.807, 2.05) is 0 Å². The summed E-state index contributed by atoms with van der Waals surface area (Å²) in [5, 5.41) is 32.5. The number of H-pyrrole nitrogens is 1. The molecule has 0 saturated carbocycles. The summed E-state index contributed by atoms with van der Waals surface area (Å²) in [5.74, 6) is -2.20. The zero-order chi connectivity index (χ0) is 38.0.